The van der Waals surface area contributed by atoms with Crippen LogP contribution in [0.1, 0.15) is 24.2 Å². The monoisotopic (exact) mass is 350 g/mol. The zero-order chi connectivity index (χ0) is 18.5. The van der Waals surface area contributed by atoms with E-state index in [4.69, 9.17) is 0 Å². The summed E-state index contributed by atoms with van der Waals surface area (Å²) in [7, 11) is 0. The number of aromatic nitrogens is 3. The fraction of sp³-hybridized carbons (Fsp3) is 0.167. The van der Waals surface area contributed by atoms with Crippen molar-refractivity contribution in [2.24, 2.45) is 0 Å². The molecule has 8 heteroatoms. The number of nitrogens with one attached hydrogen (secondary N) is 3. The molecule has 0 saturated heterocycles. The van der Waals surface area contributed by atoms with Crippen LogP contribution in [0.4, 0.5) is 22.1 Å². The fourth-order valence-corrected chi connectivity index (χ4v) is 2.39. The van der Waals surface area contributed by atoms with Crippen LogP contribution in [0.2, 0.25) is 0 Å². The van der Waals surface area contributed by atoms with Crippen LogP contribution in [-0.2, 0) is 0 Å². The van der Waals surface area contributed by atoms with E-state index in [1.165, 1.54) is 6.92 Å². The Hall–Kier alpha value is -3.55. The second kappa shape index (κ2) is 7.56. The van der Waals surface area contributed by atoms with Gasteiger partial charge in [-0.05, 0) is 38.1 Å². The van der Waals surface area contributed by atoms with E-state index in [1.54, 1.807) is 36.5 Å². The number of pyridine rings is 1. The van der Waals surface area contributed by atoms with Gasteiger partial charge in [-0.3, -0.25) is 10.1 Å². The molecule has 1 aromatic carbocycles. The van der Waals surface area contributed by atoms with Crippen LogP contribution in [0.25, 0.3) is 11.2 Å². The summed E-state index contributed by atoms with van der Waals surface area (Å²) in [5, 5.41) is 8.36. The molecule has 8 nitrogen and oxygen atoms in total. The number of urea groups is 1. The van der Waals surface area contributed by atoms with Gasteiger partial charge in [0, 0.05) is 12.1 Å². The molecule has 0 aliphatic carbocycles. The quantitative estimate of drug-likeness (QED) is 0.610. The van der Waals surface area contributed by atoms with Gasteiger partial charge in [0.1, 0.15) is 11.3 Å². The number of carbonyl (C=O) groups excluding carboxylic acids is 2. The molecule has 3 aromatic rings. The van der Waals surface area contributed by atoms with E-state index in [1.807, 2.05) is 13.0 Å². The molecular weight excluding hydrogens is 332 g/mol. The van der Waals surface area contributed by atoms with Gasteiger partial charge in [0.15, 0.2) is 17.2 Å². The Morgan fingerprint density at radius 3 is 2.58 bits per heavy atom. The summed E-state index contributed by atoms with van der Waals surface area (Å²) in [6.07, 6.45) is 1.57. The van der Waals surface area contributed by atoms with E-state index >= 15 is 0 Å². The van der Waals surface area contributed by atoms with Gasteiger partial charge in [0.25, 0.3) is 0 Å². The van der Waals surface area contributed by atoms with Crippen molar-refractivity contribution in [3.63, 3.8) is 0 Å². The number of hydrogen-bond acceptors (Lipinski definition) is 6. The van der Waals surface area contributed by atoms with Gasteiger partial charge in [-0.15, -0.1) is 0 Å². The first-order valence-corrected chi connectivity index (χ1v) is 8.12. The molecule has 0 fully saturated rings. The Morgan fingerprint density at radius 1 is 1.04 bits per heavy atom. The molecule has 0 saturated carbocycles. The number of hydrogen-bond donors (Lipinski definition) is 3. The van der Waals surface area contributed by atoms with Crippen LogP contribution in [0, 0.1) is 0 Å². The molecule has 0 atom stereocenters. The highest BCUT2D eigenvalue weighted by Gasteiger charge is 2.09. The van der Waals surface area contributed by atoms with Gasteiger partial charge < -0.3 is 10.6 Å². The summed E-state index contributed by atoms with van der Waals surface area (Å²) in [5.41, 5.74) is 2.18. The van der Waals surface area contributed by atoms with Crippen molar-refractivity contribution >= 4 is 40.3 Å². The molecule has 0 aliphatic heterocycles. The standard InChI is InChI=1S/C18H18N6O2/c1-3-19-18(26)24-15-9-8-14-17(22-15)23-16(10-20-14)21-13-7-5-4-6-12(13)11(2)25/h4-10H,3H2,1-2H3,(H3,19,21,22,23,24,26). The SMILES string of the molecule is CCNC(=O)Nc1ccc2ncc(Nc3ccccc3C(C)=O)nc2n1. The molecule has 0 spiro atoms. The molecule has 3 rings (SSSR count). The first kappa shape index (κ1) is 17.3. The second-order valence-electron chi connectivity index (χ2n) is 5.51. The minimum absolute atomic E-state index is 0.0478. The second-order valence-corrected chi connectivity index (χ2v) is 5.51. The molecule has 0 unspecified atom stereocenters. The number of anilines is 3. The van der Waals surface area contributed by atoms with Crippen molar-refractivity contribution in [2.45, 2.75) is 13.8 Å². The third-order valence-electron chi connectivity index (χ3n) is 3.55. The van der Waals surface area contributed by atoms with Crippen molar-refractivity contribution in [1.82, 2.24) is 20.3 Å². The van der Waals surface area contributed by atoms with E-state index in [2.05, 4.69) is 30.9 Å². The number of fused-ring (bicyclic) bond motifs is 1. The molecule has 26 heavy (non-hydrogen) atoms. The summed E-state index contributed by atoms with van der Waals surface area (Å²) in [6, 6.07) is 10.2. The van der Waals surface area contributed by atoms with E-state index in [0.29, 0.717) is 40.6 Å². The highest BCUT2D eigenvalue weighted by atomic mass is 16.2. The number of rotatable bonds is 5. The minimum Gasteiger partial charge on any atom is -0.338 e. The van der Waals surface area contributed by atoms with Crippen LogP contribution < -0.4 is 16.0 Å². The van der Waals surface area contributed by atoms with Crippen molar-refractivity contribution in [2.75, 3.05) is 17.2 Å². The number of amides is 2. The number of carbonyl (C=O) groups is 2. The maximum Gasteiger partial charge on any atom is 0.320 e. The van der Waals surface area contributed by atoms with Crippen LogP contribution in [0.15, 0.2) is 42.6 Å². The molecule has 3 N–H and O–H groups in total. The van der Waals surface area contributed by atoms with Gasteiger partial charge in [-0.2, -0.15) is 0 Å². The van der Waals surface area contributed by atoms with Gasteiger partial charge in [0.2, 0.25) is 0 Å². The summed E-state index contributed by atoms with van der Waals surface area (Å²) in [5.74, 6) is 0.779. The third kappa shape index (κ3) is 3.92. The molecule has 132 valence electrons. The number of para-hydroxylation sites is 1. The minimum atomic E-state index is -0.336. The smallest absolute Gasteiger partial charge is 0.320 e. The fourth-order valence-electron chi connectivity index (χ4n) is 2.39. The van der Waals surface area contributed by atoms with Gasteiger partial charge >= 0.3 is 6.03 Å². The summed E-state index contributed by atoms with van der Waals surface area (Å²) >= 11 is 0. The van der Waals surface area contributed by atoms with Crippen LogP contribution in [0.3, 0.4) is 0 Å². The van der Waals surface area contributed by atoms with Crippen molar-refractivity contribution in [1.29, 1.82) is 0 Å². The highest BCUT2D eigenvalue weighted by Crippen LogP contribution is 2.21. The molecule has 0 radical (unpaired) electrons. The van der Waals surface area contributed by atoms with Gasteiger partial charge in [-0.25, -0.2) is 19.7 Å². The molecular formula is C18H18N6O2. The lowest BCUT2D eigenvalue weighted by molar-refractivity contribution is 0.101. The topological polar surface area (TPSA) is 109 Å². The van der Waals surface area contributed by atoms with Crippen molar-refractivity contribution < 1.29 is 9.59 Å². The Bertz CT molecular complexity index is 973. The summed E-state index contributed by atoms with van der Waals surface area (Å²) in [6.45, 7) is 3.85. The Kier molecular flexibility index (Phi) is 5.02. The Balaban J connectivity index is 1.88. The van der Waals surface area contributed by atoms with E-state index < -0.39 is 0 Å². The zero-order valence-corrected chi connectivity index (χ0v) is 14.4. The number of Topliss-reactive ketones (excluding diaryl/α,β-unsaturated/α-hetero) is 1. The van der Waals surface area contributed by atoms with Crippen LogP contribution in [-0.4, -0.2) is 33.3 Å². The summed E-state index contributed by atoms with van der Waals surface area (Å²) in [4.78, 5) is 36.4. The number of ketones is 1. The Labute approximate surface area is 150 Å². The maximum atomic E-state index is 11.7. The van der Waals surface area contributed by atoms with Gasteiger partial charge in [-0.1, -0.05) is 12.1 Å². The zero-order valence-electron chi connectivity index (χ0n) is 14.4. The maximum absolute atomic E-state index is 11.7. The lowest BCUT2D eigenvalue weighted by Gasteiger charge is -2.10. The van der Waals surface area contributed by atoms with Crippen molar-refractivity contribution in [3.05, 3.63) is 48.2 Å². The van der Waals surface area contributed by atoms with Crippen LogP contribution >= 0.6 is 0 Å². The van der Waals surface area contributed by atoms with E-state index in [9.17, 15) is 9.59 Å². The number of benzene rings is 1. The normalized spacial score (nSPS) is 10.4. The average molecular weight is 350 g/mol. The lowest BCUT2D eigenvalue weighted by atomic mass is 10.1. The lowest BCUT2D eigenvalue weighted by Crippen LogP contribution is -2.28. The largest absolute Gasteiger partial charge is 0.338 e. The Morgan fingerprint density at radius 2 is 1.81 bits per heavy atom. The molecule has 2 amide bonds. The van der Waals surface area contributed by atoms with Crippen molar-refractivity contribution in [3.8, 4) is 0 Å². The molecule has 2 heterocycles. The summed E-state index contributed by atoms with van der Waals surface area (Å²) < 4.78 is 0. The predicted octanol–water partition coefficient (Wildman–Crippen LogP) is 3.11. The first-order chi connectivity index (χ1) is 12.6. The highest BCUT2D eigenvalue weighted by molar-refractivity contribution is 6.00. The van der Waals surface area contributed by atoms with Crippen LogP contribution in [0.5, 0.6) is 0 Å². The number of nitrogens with zero attached hydrogens (tertiary/aromatic N) is 3. The van der Waals surface area contributed by atoms with E-state index in [-0.39, 0.29) is 11.8 Å². The third-order valence-corrected chi connectivity index (χ3v) is 3.55. The molecule has 0 bridgehead atoms. The predicted molar refractivity (Wildman–Crippen MR) is 99.8 cm³/mol. The first-order valence-electron chi connectivity index (χ1n) is 8.12. The van der Waals surface area contributed by atoms with Gasteiger partial charge in [0.05, 0.1) is 11.9 Å². The molecule has 2 aromatic heterocycles. The van der Waals surface area contributed by atoms with E-state index in [0.717, 1.165) is 0 Å². The average Bonchev–Trinajstić information content (AvgIpc) is 2.62. The molecule has 0 aliphatic rings.